The summed E-state index contributed by atoms with van der Waals surface area (Å²) in [5.41, 5.74) is 2.59. The summed E-state index contributed by atoms with van der Waals surface area (Å²) in [4.78, 5) is 0. The van der Waals surface area contributed by atoms with Crippen LogP contribution in [0.4, 0.5) is 0 Å². The maximum atomic E-state index is 5.60. The molecule has 2 N–H and O–H groups in total. The monoisotopic (exact) mass is 248 g/mol. The maximum Gasteiger partial charge on any atom is 0.122 e. The molecular formula is C15H24N2O. The fourth-order valence-corrected chi connectivity index (χ4v) is 2.82. The highest BCUT2D eigenvalue weighted by Crippen LogP contribution is 2.29. The molecule has 1 aromatic carbocycles. The van der Waals surface area contributed by atoms with Crippen LogP contribution in [0, 0.1) is 12.8 Å². The second kappa shape index (κ2) is 6.21. The summed E-state index contributed by atoms with van der Waals surface area (Å²) in [6.45, 7) is 7.11. The summed E-state index contributed by atoms with van der Waals surface area (Å²) >= 11 is 0. The van der Waals surface area contributed by atoms with Crippen molar-refractivity contribution in [3.8, 4) is 5.75 Å². The molecule has 0 amide bonds. The van der Waals surface area contributed by atoms with E-state index in [1.807, 2.05) is 6.92 Å². The predicted octanol–water partition coefficient (Wildman–Crippen LogP) is 2.26. The number of ether oxygens (including phenoxy) is 1. The third-order valence-corrected chi connectivity index (χ3v) is 3.74. The molecule has 1 saturated heterocycles. The first-order valence-corrected chi connectivity index (χ1v) is 6.87. The van der Waals surface area contributed by atoms with Crippen molar-refractivity contribution in [2.75, 3.05) is 26.7 Å². The molecule has 0 radical (unpaired) electrons. The molecule has 1 aliphatic heterocycles. The Labute approximate surface area is 110 Å². The van der Waals surface area contributed by atoms with Crippen molar-refractivity contribution in [2.24, 2.45) is 5.92 Å². The van der Waals surface area contributed by atoms with E-state index >= 15 is 0 Å². The van der Waals surface area contributed by atoms with Gasteiger partial charge in [0.15, 0.2) is 0 Å². The summed E-state index contributed by atoms with van der Waals surface area (Å²) in [5.74, 6) is 1.69. The summed E-state index contributed by atoms with van der Waals surface area (Å²) in [6, 6.07) is 6.98. The fourth-order valence-electron chi connectivity index (χ4n) is 2.82. The Morgan fingerprint density at radius 1 is 1.50 bits per heavy atom. The zero-order valence-electron chi connectivity index (χ0n) is 11.6. The van der Waals surface area contributed by atoms with Gasteiger partial charge < -0.3 is 15.4 Å². The lowest BCUT2D eigenvalue weighted by Gasteiger charge is -2.23. The molecule has 1 fully saturated rings. The van der Waals surface area contributed by atoms with E-state index in [2.05, 4.69) is 42.8 Å². The smallest absolute Gasteiger partial charge is 0.122 e. The summed E-state index contributed by atoms with van der Waals surface area (Å²) in [7, 11) is 2.05. The second-order valence-corrected chi connectivity index (χ2v) is 4.98. The van der Waals surface area contributed by atoms with Crippen LogP contribution in [-0.4, -0.2) is 26.7 Å². The van der Waals surface area contributed by atoms with E-state index in [4.69, 9.17) is 4.74 Å². The van der Waals surface area contributed by atoms with Gasteiger partial charge in [-0.1, -0.05) is 12.1 Å². The molecule has 0 aliphatic carbocycles. The van der Waals surface area contributed by atoms with Crippen LogP contribution in [0.5, 0.6) is 5.75 Å². The Morgan fingerprint density at radius 2 is 2.33 bits per heavy atom. The number of hydrogen-bond acceptors (Lipinski definition) is 3. The van der Waals surface area contributed by atoms with Crippen LogP contribution in [0.1, 0.15) is 30.5 Å². The number of aryl methyl sites for hydroxylation is 1. The van der Waals surface area contributed by atoms with Gasteiger partial charge in [0.25, 0.3) is 0 Å². The lowest BCUT2D eigenvalue weighted by atomic mass is 9.91. The third kappa shape index (κ3) is 2.85. The molecule has 3 heteroatoms. The standard InChI is InChI=1S/C15H24N2O/c1-4-18-14-6-5-12(9-11(14)2)15(16-3)13-7-8-17-10-13/h5-6,9,13,15-17H,4,7-8,10H2,1-3H3. The molecule has 2 rings (SSSR count). The van der Waals surface area contributed by atoms with Crippen molar-refractivity contribution in [1.29, 1.82) is 0 Å². The fraction of sp³-hybridized carbons (Fsp3) is 0.600. The van der Waals surface area contributed by atoms with Gasteiger partial charge >= 0.3 is 0 Å². The third-order valence-electron chi connectivity index (χ3n) is 3.74. The Hall–Kier alpha value is -1.06. The van der Waals surface area contributed by atoms with Gasteiger partial charge in [-0.15, -0.1) is 0 Å². The van der Waals surface area contributed by atoms with Crippen LogP contribution < -0.4 is 15.4 Å². The van der Waals surface area contributed by atoms with E-state index in [-0.39, 0.29) is 0 Å². The summed E-state index contributed by atoms with van der Waals surface area (Å²) in [6.07, 6.45) is 1.25. The first kappa shape index (κ1) is 13.4. The van der Waals surface area contributed by atoms with E-state index in [1.54, 1.807) is 0 Å². The van der Waals surface area contributed by atoms with Crippen molar-refractivity contribution in [3.05, 3.63) is 29.3 Å². The molecular weight excluding hydrogens is 224 g/mol. The van der Waals surface area contributed by atoms with Crippen molar-refractivity contribution < 1.29 is 4.74 Å². The minimum Gasteiger partial charge on any atom is -0.494 e. The van der Waals surface area contributed by atoms with Crippen LogP contribution in [0.25, 0.3) is 0 Å². The van der Waals surface area contributed by atoms with Crippen LogP contribution in [-0.2, 0) is 0 Å². The zero-order chi connectivity index (χ0) is 13.0. The molecule has 3 nitrogen and oxygen atoms in total. The van der Waals surface area contributed by atoms with Crippen LogP contribution in [0.2, 0.25) is 0 Å². The summed E-state index contributed by atoms with van der Waals surface area (Å²) in [5, 5.41) is 6.90. The maximum absolute atomic E-state index is 5.60. The Morgan fingerprint density at radius 3 is 2.89 bits per heavy atom. The topological polar surface area (TPSA) is 33.3 Å². The van der Waals surface area contributed by atoms with Gasteiger partial charge in [-0.2, -0.15) is 0 Å². The van der Waals surface area contributed by atoms with E-state index in [0.717, 1.165) is 25.4 Å². The van der Waals surface area contributed by atoms with Crippen LogP contribution in [0.15, 0.2) is 18.2 Å². The largest absolute Gasteiger partial charge is 0.494 e. The molecule has 0 spiro atoms. The van der Waals surface area contributed by atoms with Crippen molar-refractivity contribution in [1.82, 2.24) is 10.6 Å². The average Bonchev–Trinajstić information content (AvgIpc) is 2.87. The Balaban J connectivity index is 2.17. The van der Waals surface area contributed by atoms with Gasteiger partial charge in [0, 0.05) is 6.04 Å². The molecule has 0 bridgehead atoms. The number of nitrogens with one attached hydrogen (secondary N) is 2. The SMILES string of the molecule is CCOc1ccc(C(NC)C2CCNC2)cc1C. The predicted molar refractivity (Wildman–Crippen MR) is 75.1 cm³/mol. The molecule has 18 heavy (non-hydrogen) atoms. The molecule has 2 unspecified atom stereocenters. The highest BCUT2D eigenvalue weighted by molar-refractivity contribution is 5.37. The average molecular weight is 248 g/mol. The van der Waals surface area contributed by atoms with Crippen LogP contribution in [0.3, 0.4) is 0 Å². The number of rotatable bonds is 5. The van der Waals surface area contributed by atoms with Gasteiger partial charge in [-0.05, 0) is 63.5 Å². The van der Waals surface area contributed by atoms with Gasteiger partial charge in [-0.25, -0.2) is 0 Å². The van der Waals surface area contributed by atoms with E-state index in [1.165, 1.54) is 17.5 Å². The van der Waals surface area contributed by atoms with Gasteiger partial charge in [0.1, 0.15) is 5.75 Å². The van der Waals surface area contributed by atoms with Crippen molar-refractivity contribution in [3.63, 3.8) is 0 Å². The second-order valence-electron chi connectivity index (χ2n) is 4.98. The minimum atomic E-state index is 0.439. The molecule has 0 saturated carbocycles. The first-order chi connectivity index (χ1) is 8.76. The molecule has 0 aromatic heterocycles. The highest BCUT2D eigenvalue weighted by Gasteiger charge is 2.25. The highest BCUT2D eigenvalue weighted by atomic mass is 16.5. The van der Waals surface area contributed by atoms with E-state index in [9.17, 15) is 0 Å². The quantitative estimate of drug-likeness (QED) is 0.838. The Bertz CT molecular complexity index is 386. The number of hydrogen-bond donors (Lipinski definition) is 2. The summed E-state index contributed by atoms with van der Waals surface area (Å²) < 4.78 is 5.60. The van der Waals surface area contributed by atoms with E-state index < -0.39 is 0 Å². The van der Waals surface area contributed by atoms with Gasteiger partial charge in [-0.3, -0.25) is 0 Å². The minimum absolute atomic E-state index is 0.439. The van der Waals surface area contributed by atoms with Gasteiger partial charge in [0.05, 0.1) is 6.61 Å². The lowest BCUT2D eigenvalue weighted by molar-refractivity contribution is 0.337. The molecule has 1 aromatic rings. The molecule has 100 valence electrons. The molecule has 1 heterocycles. The van der Waals surface area contributed by atoms with Crippen LogP contribution >= 0.6 is 0 Å². The number of benzene rings is 1. The van der Waals surface area contributed by atoms with Crippen molar-refractivity contribution in [2.45, 2.75) is 26.3 Å². The first-order valence-electron chi connectivity index (χ1n) is 6.87. The zero-order valence-corrected chi connectivity index (χ0v) is 11.6. The molecule has 2 atom stereocenters. The van der Waals surface area contributed by atoms with Gasteiger partial charge in [0.2, 0.25) is 0 Å². The van der Waals surface area contributed by atoms with Crippen molar-refractivity contribution >= 4 is 0 Å². The normalized spacial score (nSPS) is 20.9. The molecule has 1 aliphatic rings. The lowest BCUT2D eigenvalue weighted by Crippen LogP contribution is -2.26. The Kier molecular flexibility index (Phi) is 4.61. The van der Waals surface area contributed by atoms with E-state index in [0.29, 0.717) is 12.0 Å².